The van der Waals surface area contributed by atoms with E-state index in [9.17, 15) is 19.5 Å². The molecule has 2 fully saturated rings. The van der Waals surface area contributed by atoms with E-state index in [1.54, 1.807) is 11.0 Å². The SMILES string of the molecule is CC(C)(C)OC(=O)N1CC[C@@H](C(=O)N2CCC(O)(Cn3cnc4c(ccn4Cc4ccccc4)c3=O)CC2)[C@H](c2ccccc2)C1. The van der Waals surface area contributed by atoms with E-state index in [0.29, 0.717) is 63.0 Å². The zero-order valence-electron chi connectivity index (χ0n) is 26.8. The van der Waals surface area contributed by atoms with E-state index in [0.717, 1.165) is 11.1 Å². The highest BCUT2D eigenvalue weighted by Crippen LogP contribution is 2.36. The van der Waals surface area contributed by atoms with Crippen LogP contribution in [0, 0.1) is 5.92 Å². The van der Waals surface area contributed by atoms with Crippen LogP contribution < -0.4 is 5.56 Å². The zero-order valence-corrected chi connectivity index (χ0v) is 26.8. The summed E-state index contributed by atoms with van der Waals surface area (Å²) in [6.07, 6.45) is 4.26. The predicted octanol–water partition coefficient (Wildman–Crippen LogP) is 4.64. The number of aliphatic hydroxyl groups is 1. The monoisotopic (exact) mass is 625 g/mol. The molecule has 0 bridgehead atoms. The number of carbonyl (C=O) groups excluding carboxylic acids is 2. The van der Waals surface area contributed by atoms with Crippen molar-refractivity contribution in [1.82, 2.24) is 23.9 Å². The molecular formula is C36H43N5O5. The van der Waals surface area contributed by atoms with Gasteiger partial charge in [0.1, 0.15) is 17.6 Å². The molecule has 4 aromatic rings. The maximum atomic E-state index is 14.0. The molecule has 2 atom stereocenters. The maximum Gasteiger partial charge on any atom is 0.410 e. The molecule has 2 aromatic heterocycles. The van der Waals surface area contributed by atoms with Crippen molar-refractivity contribution in [2.45, 2.75) is 70.2 Å². The lowest BCUT2D eigenvalue weighted by Gasteiger charge is -2.43. The van der Waals surface area contributed by atoms with Crippen LogP contribution in [0.3, 0.4) is 0 Å². The first-order valence-corrected chi connectivity index (χ1v) is 16.1. The van der Waals surface area contributed by atoms with Gasteiger partial charge >= 0.3 is 6.09 Å². The fraction of sp³-hybridized carbons (Fsp3) is 0.444. The number of benzene rings is 2. The first-order valence-electron chi connectivity index (χ1n) is 16.1. The van der Waals surface area contributed by atoms with Gasteiger partial charge in [-0.3, -0.25) is 14.2 Å². The third-order valence-electron chi connectivity index (χ3n) is 9.22. The Morgan fingerprint density at radius 2 is 1.61 bits per heavy atom. The van der Waals surface area contributed by atoms with Crippen LogP contribution in [0.5, 0.6) is 0 Å². The van der Waals surface area contributed by atoms with Gasteiger partial charge in [0.15, 0.2) is 0 Å². The number of fused-ring (bicyclic) bond motifs is 1. The lowest BCUT2D eigenvalue weighted by atomic mass is 9.79. The molecule has 0 aliphatic carbocycles. The van der Waals surface area contributed by atoms with E-state index in [-0.39, 0.29) is 35.9 Å². The average molecular weight is 626 g/mol. The first-order chi connectivity index (χ1) is 22.0. The number of aromatic nitrogens is 3. The van der Waals surface area contributed by atoms with Crippen LogP contribution in [0.1, 0.15) is 57.1 Å². The van der Waals surface area contributed by atoms with E-state index in [4.69, 9.17) is 4.74 Å². The second kappa shape index (κ2) is 12.7. The minimum absolute atomic E-state index is 0.0414. The van der Waals surface area contributed by atoms with Gasteiger partial charge in [0.05, 0.1) is 17.5 Å². The maximum absolute atomic E-state index is 14.0. The number of rotatable bonds is 6. The van der Waals surface area contributed by atoms with E-state index < -0.39 is 11.2 Å². The Bertz CT molecular complexity index is 1740. The first kappa shape index (κ1) is 31.5. The minimum atomic E-state index is -1.14. The van der Waals surface area contributed by atoms with E-state index in [2.05, 4.69) is 4.98 Å². The van der Waals surface area contributed by atoms with Gasteiger partial charge in [0.25, 0.3) is 5.56 Å². The molecular weight excluding hydrogens is 582 g/mol. The summed E-state index contributed by atoms with van der Waals surface area (Å²) in [7, 11) is 0. The molecule has 10 heteroatoms. The summed E-state index contributed by atoms with van der Waals surface area (Å²) in [5.74, 6) is -0.414. The van der Waals surface area contributed by atoms with Crippen LogP contribution in [-0.4, -0.2) is 78.4 Å². The number of hydrogen-bond acceptors (Lipinski definition) is 6. The molecule has 0 saturated carbocycles. The summed E-state index contributed by atoms with van der Waals surface area (Å²) in [5.41, 5.74) is 0.820. The number of amides is 2. The van der Waals surface area contributed by atoms with Gasteiger partial charge < -0.3 is 24.2 Å². The van der Waals surface area contributed by atoms with Crippen molar-refractivity contribution in [2.75, 3.05) is 26.2 Å². The summed E-state index contributed by atoms with van der Waals surface area (Å²) in [6.45, 7) is 7.90. The normalized spacial score (nSPS) is 20.1. The zero-order chi connectivity index (χ0) is 32.5. The number of hydrogen-bond donors (Lipinski definition) is 1. The Labute approximate surface area is 269 Å². The Kier molecular flexibility index (Phi) is 8.74. The Morgan fingerprint density at radius 3 is 2.28 bits per heavy atom. The highest BCUT2D eigenvalue weighted by Gasteiger charge is 2.42. The third kappa shape index (κ3) is 6.87. The van der Waals surface area contributed by atoms with E-state index >= 15 is 0 Å². The Morgan fingerprint density at radius 1 is 0.935 bits per heavy atom. The van der Waals surface area contributed by atoms with Gasteiger partial charge in [-0.05, 0) is 57.2 Å². The fourth-order valence-electron chi connectivity index (χ4n) is 6.76. The summed E-state index contributed by atoms with van der Waals surface area (Å²) < 4.78 is 9.08. The van der Waals surface area contributed by atoms with Crippen LogP contribution in [0.25, 0.3) is 11.0 Å². The molecule has 2 aliphatic heterocycles. The van der Waals surface area contributed by atoms with Gasteiger partial charge in [0.2, 0.25) is 5.91 Å². The lowest BCUT2D eigenvalue weighted by Crippen LogP contribution is -2.53. The van der Waals surface area contributed by atoms with Gasteiger partial charge in [-0.1, -0.05) is 60.7 Å². The molecule has 4 heterocycles. The molecule has 1 N–H and O–H groups in total. The highest BCUT2D eigenvalue weighted by atomic mass is 16.6. The standard InChI is InChI=1S/C36H43N5O5/c1-35(2,3)46-34(44)40-19-14-28(30(23-40)27-12-8-5-9-13-27)32(42)38-20-16-36(45,17-21-38)24-41-25-37-31-29(33(41)43)15-18-39(31)22-26-10-6-4-7-11-26/h4-13,15,18,25,28,30,45H,14,16-17,19-24H2,1-3H3/t28-,30+/m1/s1. The third-order valence-corrected chi connectivity index (χ3v) is 9.22. The molecule has 2 saturated heterocycles. The smallest absolute Gasteiger partial charge is 0.410 e. The van der Waals surface area contributed by atoms with Crippen molar-refractivity contribution in [1.29, 1.82) is 0 Å². The molecule has 46 heavy (non-hydrogen) atoms. The summed E-state index contributed by atoms with van der Waals surface area (Å²) in [6, 6.07) is 21.7. The molecule has 0 radical (unpaired) electrons. The Hall–Kier alpha value is -4.44. The van der Waals surface area contributed by atoms with Crippen molar-refractivity contribution >= 4 is 23.0 Å². The van der Waals surface area contributed by atoms with Gasteiger partial charge in [-0.2, -0.15) is 0 Å². The second-order valence-electron chi connectivity index (χ2n) is 13.7. The van der Waals surface area contributed by atoms with Gasteiger partial charge in [0, 0.05) is 50.8 Å². The van der Waals surface area contributed by atoms with Crippen LogP contribution in [0.15, 0.2) is 84.0 Å². The van der Waals surface area contributed by atoms with Crippen LogP contribution in [-0.2, 0) is 22.6 Å². The predicted molar refractivity (Wildman–Crippen MR) is 175 cm³/mol. The number of likely N-dealkylation sites (tertiary alicyclic amines) is 2. The van der Waals surface area contributed by atoms with Crippen molar-refractivity contribution in [3.8, 4) is 0 Å². The molecule has 6 rings (SSSR count). The van der Waals surface area contributed by atoms with Crippen molar-refractivity contribution in [2.24, 2.45) is 5.92 Å². The minimum Gasteiger partial charge on any atom is -0.444 e. The van der Waals surface area contributed by atoms with Crippen molar-refractivity contribution in [3.05, 3.63) is 101 Å². The number of ether oxygens (including phenoxy) is 1. The molecule has 2 aliphatic rings. The molecule has 10 nitrogen and oxygen atoms in total. The van der Waals surface area contributed by atoms with E-state index in [1.165, 1.54) is 10.9 Å². The van der Waals surface area contributed by atoms with Crippen molar-refractivity contribution in [3.63, 3.8) is 0 Å². The fourth-order valence-corrected chi connectivity index (χ4v) is 6.76. The second-order valence-corrected chi connectivity index (χ2v) is 13.7. The quantitative estimate of drug-likeness (QED) is 0.335. The molecule has 2 aromatic carbocycles. The number of nitrogens with zero attached hydrogens (tertiary/aromatic N) is 5. The highest BCUT2D eigenvalue weighted by molar-refractivity contribution is 5.81. The number of carbonyl (C=O) groups is 2. The molecule has 2 amide bonds. The van der Waals surface area contributed by atoms with Crippen LogP contribution in [0.4, 0.5) is 4.79 Å². The van der Waals surface area contributed by atoms with Crippen LogP contribution >= 0.6 is 0 Å². The summed E-state index contributed by atoms with van der Waals surface area (Å²) >= 11 is 0. The van der Waals surface area contributed by atoms with Crippen LogP contribution in [0.2, 0.25) is 0 Å². The topological polar surface area (TPSA) is 110 Å². The molecule has 0 unspecified atom stereocenters. The summed E-state index contributed by atoms with van der Waals surface area (Å²) in [5, 5.41) is 12.1. The summed E-state index contributed by atoms with van der Waals surface area (Å²) in [4.78, 5) is 48.4. The van der Waals surface area contributed by atoms with Gasteiger partial charge in [-0.15, -0.1) is 0 Å². The average Bonchev–Trinajstić information content (AvgIpc) is 3.45. The van der Waals surface area contributed by atoms with Gasteiger partial charge in [-0.25, -0.2) is 9.78 Å². The lowest BCUT2D eigenvalue weighted by molar-refractivity contribution is -0.142. The van der Waals surface area contributed by atoms with E-state index in [1.807, 2.05) is 97.1 Å². The molecule has 0 spiro atoms. The largest absolute Gasteiger partial charge is 0.444 e. The number of piperidine rings is 2. The Balaban J connectivity index is 1.12. The van der Waals surface area contributed by atoms with Crippen molar-refractivity contribution < 1.29 is 19.4 Å². The molecule has 242 valence electrons.